The Hall–Kier alpha value is -0.610. The van der Waals surface area contributed by atoms with Crippen LogP contribution in [0, 0.1) is 0 Å². The molecule has 19 heavy (non-hydrogen) atoms. The Bertz CT molecular complexity index is 472. The van der Waals surface area contributed by atoms with Gasteiger partial charge in [-0.25, -0.2) is 0 Å². The molecule has 0 radical (unpaired) electrons. The molecule has 2 aromatic carbocycles. The average Bonchev–Trinajstić information content (AvgIpc) is 2.38. The molecule has 0 amide bonds. The second kappa shape index (κ2) is 6.23. The van der Waals surface area contributed by atoms with E-state index in [1.165, 1.54) is 6.66 Å². The highest BCUT2D eigenvalue weighted by atomic mass is 127. The summed E-state index contributed by atoms with van der Waals surface area (Å²) < 4.78 is 40.6. The minimum atomic E-state index is -4.23. The number of hydrogen-bond acceptors (Lipinski definition) is 0. The summed E-state index contributed by atoms with van der Waals surface area (Å²) in [4.78, 5) is 0. The van der Waals surface area contributed by atoms with Crippen molar-refractivity contribution >= 4 is 41.8 Å². The predicted octanol–water partition coefficient (Wildman–Crippen LogP) is 4.42. The summed E-state index contributed by atoms with van der Waals surface area (Å²) in [6.07, 6.45) is 0. The van der Waals surface area contributed by atoms with Crippen LogP contribution < -0.4 is 10.6 Å². The van der Waals surface area contributed by atoms with Gasteiger partial charge in [-0.15, -0.1) is 37.1 Å². The third-order valence-corrected chi connectivity index (χ3v) is 6.73. The lowest BCUT2D eigenvalue weighted by molar-refractivity contribution is -0.0407. The molecule has 0 unspecified atom stereocenters. The van der Waals surface area contributed by atoms with Crippen LogP contribution in [-0.2, 0) is 0 Å². The molecule has 0 aliphatic carbocycles. The van der Waals surface area contributed by atoms with Crippen molar-refractivity contribution in [3.8, 4) is 0 Å². The number of alkyl halides is 3. The van der Waals surface area contributed by atoms with E-state index in [2.05, 4.69) is 0 Å². The van der Waals surface area contributed by atoms with E-state index in [1.807, 2.05) is 0 Å². The van der Waals surface area contributed by atoms with Gasteiger partial charge in [0.2, 0.25) is 0 Å². The summed E-state index contributed by atoms with van der Waals surface area (Å²) in [6, 6.07) is 16.3. The van der Waals surface area contributed by atoms with Gasteiger partial charge in [-0.05, 0) is 24.3 Å². The molecule has 0 spiro atoms. The Kier molecular flexibility index (Phi) is 5.39. The number of rotatable bonds is 2. The zero-order valence-electron chi connectivity index (χ0n) is 10.3. The molecule has 2 aromatic rings. The van der Waals surface area contributed by atoms with E-state index in [0.717, 1.165) is 0 Å². The molecule has 0 bridgehead atoms. The van der Waals surface area contributed by atoms with Gasteiger partial charge in [-0.2, -0.15) is 0 Å². The van der Waals surface area contributed by atoms with Crippen LogP contribution in [-0.4, -0.2) is 12.6 Å². The van der Waals surface area contributed by atoms with Crippen molar-refractivity contribution < 1.29 is 13.2 Å². The molecule has 0 aliphatic rings. The van der Waals surface area contributed by atoms with Crippen molar-refractivity contribution in [2.45, 2.75) is 5.92 Å². The first kappa shape index (κ1) is 16.4. The van der Waals surface area contributed by atoms with Gasteiger partial charge < -0.3 is 0 Å². The SMILES string of the molecule is C[P+](c1ccccc1)(c1ccccc1)C(F)(F)F.I. The Morgan fingerprint density at radius 2 is 1.05 bits per heavy atom. The largest absolute Gasteiger partial charge is 0.518 e. The van der Waals surface area contributed by atoms with E-state index in [1.54, 1.807) is 60.7 Å². The summed E-state index contributed by atoms with van der Waals surface area (Å²) in [5.74, 6) is -4.23. The summed E-state index contributed by atoms with van der Waals surface area (Å²) in [5.41, 5.74) is 0. The molecule has 0 fully saturated rings. The standard InChI is InChI=1S/C14H13F3P.HI/c1-18(14(15,16)17,12-8-4-2-5-9-12)13-10-6-3-7-11-13;/h2-11H,1H3;1H/q+1;. The molecular formula is C14H14F3IP+. The highest BCUT2D eigenvalue weighted by Crippen LogP contribution is 2.66. The van der Waals surface area contributed by atoms with E-state index in [9.17, 15) is 13.2 Å². The van der Waals surface area contributed by atoms with Crippen LogP contribution in [0.1, 0.15) is 0 Å². The number of benzene rings is 2. The van der Waals surface area contributed by atoms with Gasteiger partial charge in [0.15, 0.2) is 7.26 Å². The molecule has 2 rings (SSSR count). The molecule has 0 nitrogen and oxygen atoms in total. The van der Waals surface area contributed by atoms with E-state index < -0.39 is 13.2 Å². The summed E-state index contributed by atoms with van der Waals surface area (Å²) in [5, 5.41) is 0.729. The molecule has 0 heterocycles. The van der Waals surface area contributed by atoms with Crippen LogP contribution in [0.5, 0.6) is 0 Å². The second-order valence-corrected chi connectivity index (χ2v) is 7.70. The first-order valence-electron chi connectivity index (χ1n) is 5.51. The zero-order valence-corrected chi connectivity index (χ0v) is 13.5. The molecule has 102 valence electrons. The fourth-order valence-corrected chi connectivity index (χ4v) is 4.31. The van der Waals surface area contributed by atoms with Crippen LogP contribution in [0.15, 0.2) is 60.7 Å². The Morgan fingerprint density at radius 1 is 0.737 bits per heavy atom. The highest BCUT2D eigenvalue weighted by molar-refractivity contribution is 14.0. The van der Waals surface area contributed by atoms with Gasteiger partial charge >= 0.3 is 5.92 Å². The molecule has 0 atom stereocenters. The normalized spacial score (nSPS) is 11.8. The minimum absolute atomic E-state index is 0. The first-order valence-corrected chi connectivity index (χ1v) is 7.74. The third kappa shape index (κ3) is 3.11. The average molecular weight is 397 g/mol. The van der Waals surface area contributed by atoms with Gasteiger partial charge in [0.05, 0.1) is 6.66 Å². The minimum Gasteiger partial charge on any atom is -0.134 e. The van der Waals surface area contributed by atoms with Crippen molar-refractivity contribution in [2.75, 3.05) is 6.66 Å². The fraction of sp³-hybridized carbons (Fsp3) is 0.143. The fourth-order valence-electron chi connectivity index (χ4n) is 1.89. The van der Waals surface area contributed by atoms with Crippen LogP contribution in [0.25, 0.3) is 0 Å². The predicted molar refractivity (Wildman–Crippen MR) is 86.5 cm³/mol. The van der Waals surface area contributed by atoms with Gasteiger partial charge in [0.1, 0.15) is 10.6 Å². The van der Waals surface area contributed by atoms with E-state index >= 15 is 0 Å². The molecule has 0 N–H and O–H groups in total. The summed E-state index contributed by atoms with van der Waals surface area (Å²) in [6.45, 7) is 1.33. The van der Waals surface area contributed by atoms with Crippen LogP contribution >= 0.6 is 31.2 Å². The molecule has 0 aliphatic heterocycles. The topological polar surface area (TPSA) is 0 Å². The van der Waals surface area contributed by atoms with Gasteiger partial charge in [-0.1, -0.05) is 36.4 Å². The van der Waals surface area contributed by atoms with Crippen LogP contribution in [0.4, 0.5) is 13.2 Å². The second-order valence-electron chi connectivity index (χ2n) is 4.15. The maximum Gasteiger partial charge on any atom is 0.518 e. The quantitative estimate of drug-likeness (QED) is 0.520. The molecule has 5 heteroatoms. The Balaban J connectivity index is 0.00000180. The molecule has 0 aromatic heterocycles. The van der Waals surface area contributed by atoms with Crippen LogP contribution in [0.3, 0.4) is 0 Å². The summed E-state index contributed by atoms with van der Waals surface area (Å²) >= 11 is 0. The first-order chi connectivity index (χ1) is 8.46. The molecule has 0 saturated carbocycles. The maximum absolute atomic E-state index is 13.5. The van der Waals surface area contributed by atoms with Crippen LogP contribution in [0.2, 0.25) is 0 Å². The zero-order chi connectivity index (χ0) is 13.2. The van der Waals surface area contributed by atoms with Crippen molar-refractivity contribution in [3.05, 3.63) is 60.7 Å². The van der Waals surface area contributed by atoms with Gasteiger partial charge in [0.25, 0.3) is 0 Å². The maximum atomic E-state index is 13.5. The lowest BCUT2D eigenvalue weighted by atomic mass is 10.4. The third-order valence-electron chi connectivity index (χ3n) is 3.05. The van der Waals surface area contributed by atoms with Gasteiger partial charge in [-0.3, -0.25) is 0 Å². The molecule has 0 saturated heterocycles. The van der Waals surface area contributed by atoms with E-state index in [4.69, 9.17) is 0 Å². The molecular weight excluding hydrogens is 383 g/mol. The summed E-state index contributed by atoms with van der Waals surface area (Å²) in [7, 11) is -3.36. The van der Waals surface area contributed by atoms with Crippen molar-refractivity contribution in [1.82, 2.24) is 0 Å². The highest BCUT2D eigenvalue weighted by Gasteiger charge is 2.62. The number of hydrogen-bond donors (Lipinski definition) is 0. The van der Waals surface area contributed by atoms with Crippen molar-refractivity contribution in [1.29, 1.82) is 0 Å². The Morgan fingerprint density at radius 3 is 1.32 bits per heavy atom. The van der Waals surface area contributed by atoms with E-state index in [-0.39, 0.29) is 24.0 Å². The van der Waals surface area contributed by atoms with E-state index in [0.29, 0.717) is 10.6 Å². The smallest absolute Gasteiger partial charge is 0.134 e. The monoisotopic (exact) mass is 397 g/mol. The number of halogens is 4. The van der Waals surface area contributed by atoms with Crippen molar-refractivity contribution in [2.24, 2.45) is 0 Å². The Labute approximate surface area is 128 Å². The van der Waals surface area contributed by atoms with Gasteiger partial charge in [0, 0.05) is 0 Å². The van der Waals surface area contributed by atoms with Crippen molar-refractivity contribution in [3.63, 3.8) is 0 Å². The lowest BCUT2D eigenvalue weighted by Gasteiger charge is -2.24. The lowest BCUT2D eigenvalue weighted by Crippen LogP contribution is -2.32.